The maximum absolute atomic E-state index is 11.9. The lowest BCUT2D eigenvalue weighted by Crippen LogP contribution is -3.12. The van der Waals surface area contributed by atoms with E-state index in [2.05, 4.69) is 43.3 Å². The molecule has 1 aromatic carbocycles. The van der Waals surface area contributed by atoms with Crippen molar-refractivity contribution in [2.24, 2.45) is 5.92 Å². The van der Waals surface area contributed by atoms with Gasteiger partial charge in [-0.25, -0.2) is 0 Å². The Hall–Kier alpha value is -1.55. The molecule has 1 saturated heterocycles. The number of ether oxygens (including phenoxy) is 1. The minimum Gasteiger partial charge on any atom is -0.466 e. The normalized spacial score (nSPS) is 21.9. The van der Waals surface area contributed by atoms with Gasteiger partial charge in [-0.2, -0.15) is 0 Å². The molecule has 0 spiro atoms. The van der Waals surface area contributed by atoms with E-state index in [4.69, 9.17) is 4.74 Å². The Labute approximate surface area is 127 Å². The minimum absolute atomic E-state index is 0.0161. The third-order valence-corrected chi connectivity index (χ3v) is 4.14. The number of quaternary nitrogens is 1. The van der Waals surface area contributed by atoms with Crippen molar-refractivity contribution in [2.45, 2.75) is 26.3 Å². The van der Waals surface area contributed by atoms with Crippen molar-refractivity contribution in [2.75, 3.05) is 38.7 Å². The van der Waals surface area contributed by atoms with Gasteiger partial charge in [0.1, 0.15) is 12.5 Å². The summed E-state index contributed by atoms with van der Waals surface area (Å²) in [5.74, 6) is 0.0624. The smallest absolute Gasteiger partial charge is 0.314 e. The van der Waals surface area contributed by atoms with E-state index in [1.807, 2.05) is 6.92 Å². The van der Waals surface area contributed by atoms with E-state index in [0.717, 1.165) is 32.5 Å². The van der Waals surface area contributed by atoms with Crippen LogP contribution in [0.25, 0.3) is 0 Å². The molecule has 0 bridgehead atoms. The number of nitrogens with one attached hydrogen (secondary N) is 1. The van der Waals surface area contributed by atoms with Gasteiger partial charge < -0.3 is 14.5 Å². The Morgan fingerprint density at radius 3 is 2.67 bits per heavy atom. The number of piperidine rings is 1. The Morgan fingerprint density at radius 1 is 1.33 bits per heavy atom. The fourth-order valence-electron chi connectivity index (χ4n) is 2.97. The molecule has 0 aliphatic carbocycles. The van der Waals surface area contributed by atoms with Crippen LogP contribution in [0, 0.1) is 5.92 Å². The zero-order valence-electron chi connectivity index (χ0n) is 13.4. The van der Waals surface area contributed by atoms with Crippen molar-refractivity contribution in [3.63, 3.8) is 0 Å². The third-order valence-electron chi connectivity index (χ3n) is 4.14. The summed E-state index contributed by atoms with van der Waals surface area (Å²) in [5, 5.41) is 0. The van der Waals surface area contributed by atoms with Crippen LogP contribution in [-0.4, -0.2) is 39.8 Å². The molecule has 0 saturated carbocycles. The van der Waals surface area contributed by atoms with Gasteiger partial charge in [0.15, 0.2) is 0 Å². The zero-order valence-corrected chi connectivity index (χ0v) is 13.4. The van der Waals surface area contributed by atoms with E-state index in [1.165, 1.54) is 16.2 Å². The van der Waals surface area contributed by atoms with Crippen molar-refractivity contribution in [1.82, 2.24) is 0 Å². The van der Waals surface area contributed by atoms with E-state index >= 15 is 0 Å². The summed E-state index contributed by atoms with van der Waals surface area (Å²) in [4.78, 5) is 15.5. The van der Waals surface area contributed by atoms with Gasteiger partial charge >= 0.3 is 5.97 Å². The molecular formula is C17H27N2O2+. The number of nitrogens with zero attached hydrogens (tertiary/aromatic N) is 1. The highest BCUT2D eigenvalue weighted by Gasteiger charge is 2.29. The Bertz CT molecular complexity index is 456. The monoisotopic (exact) mass is 291 g/mol. The molecule has 1 aliphatic rings. The van der Waals surface area contributed by atoms with E-state index in [0.29, 0.717) is 6.61 Å². The van der Waals surface area contributed by atoms with Gasteiger partial charge in [0.2, 0.25) is 0 Å². The van der Waals surface area contributed by atoms with Crippen molar-refractivity contribution >= 4 is 11.7 Å². The lowest BCUT2D eigenvalue weighted by molar-refractivity contribution is -0.921. The molecule has 1 heterocycles. The maximum Gasteiger partial charge on any atom is 0.314 e. The number of esters is 1. The van der Waals surface area contributed by atoms with Crippen LogP contribution in [0.1, 0.15) is 25.3 Å². The van der Waals surface area contributed by atoms with Gasteiger partial charge in [0.25, 0.3) is 0 Å². The van der Waals surface area contributed by atoms with Crippen LogP contribution in [0.15, 0.2) is 24.3 Å². The molecule has 2 rings (SSSR count). The molecule has 1 unspecified atom stereocenters. The maximum atomic E-state index is 11.9. The van der Waals surface area contributed by atoms with Crippen LogP contribution in [0.3, 0.4) is 0 Å². The van der Waals surface area contributed by atoms with Crippen molar-refractivity contribution < 1.29 is 14.4 Å². The third kappa shape index (κ3) is 4.46. The van der Waals surface area contributed by atoms with E-state index in [1.54, 1.807) is 0 Å². The summed E-state index contributed by atoms with van der Waals surface area (Å²) < 4.78 is 5.16. The summed E-state index contributed by atoms with van der Waals surface area (Å²) >= 11 is 0. The van der Waals surface area contributed by atoms with Crippen LogP contribution in [0.2, 0.25) is 0 Å². The second-order valence-electron chi connectivity index (χ2n) is 6.03. The lowest BCUT2D eigenvalue weighted by Gasteiger charge is -2.28. The molecular weight excluding hydrogens is 264 g/mol. The first-order valence-electron chi connectivity index (χ1n) is 7.86. The first-order chi connectivity index (χ1) is 10.1. The summed E-state index contributed by atoms with van der Waals surface area (Å²) in [6.45, 7) is 5.39. The quantitative estimate of drug-likeness (QED) is 0.825. The van der Waals surface area contributed by atoms with E-state index in [-0.39, 0.29) is 11.9 Å². The van der Waals surface area contributed by atoms with Crippen LogP contribution < -0.4 is 9.80 Å². The summed E-state index contributed by atoms with van der Waals surface area (Å²) in [7, 11) is 4.10. The first kappa shape index (κ1) is 15.8. The number of benzene rings is 1. The van der Waals surface area contributed by atoms with Crippen LogP contribution in [0.4, 0.5) is 5.69 Å². The molecule has 116 valence electrons. The highest BCUT2D eigenvalue weighted by Crippen LogP contribution is 2.13. The molecule has 1 fully saturated rings. The number of carbonyl (C=O) groups excluding carboxylic acids is 1. The SMILES string of the molecule is CCOC(=O)[C@@H]1CCC[NH+](Cc2ccc(N(C)C)cc2)C1. The van der Waals surface area contributed by atoms with Gasteiger partial charge in [-0.05, 0) is 31.9 Å². The molecule has 4 heteroatoms. The number of anilines is 1. The largest absolute Gasteiger partial charge is 0.466 e. The lowest BCUT2D eigenvalue weighted by atomic mass is 9.97. The highest BCUT2D eigenvalue weighted by molar-refractivity contribution is 5.72. The fourth-order valence-corrected chi connectivity index (χ4v) is 2.97. The van der Waals surface area contributed by atoms with Crippen molar-refractivity contribution in [1.29, 1.82) is 0 Å². The number of rotatable bonds is 5. The molecule has 0 aromatic heterocycles. The minimum atomic E-state index is -0.0161. The number of hydrogen-bond donors (Lipinski definition) is 1. The highest BCUT2D eigenvalue weighted by atomic mass is 16.5. The van der Waals surface area contributed by atoms with Gasteiger partial charge in [0.05, 0.1) is 19.7 Å². The second-order valence-corrected chi connectivity index (χ2v) is 6.03. The predicted molar refractivity (Wildman–Crippen MR) is 84.5 cm³/mol. The Kier molecular flexibility index (Phi) is 5.62. The first-order valence-corrected chi connectivity index (χ1v) is 7.86. The van der Waals surface area contributed by atoms with Gasteiger partial charge in [-0.1, -0.05) is 12.1 Å². The fraction of sp³-hybridized carbons (Fsp3) is 0.588. The van der Waals surface area contributed by atoms with Crippen molar-refractivity contribution in [3.8, 4) is 0 Å². The van der Waals surface area contributed by atoms with Gasteiger partial charge in [-0.3, -0.25) is 4.79 Å². The topological polar surface area (TPSA) is 34.0 Å². The summed E-state index contributed by atoms with van der Waals surface area (Å²) in [6.07, 6.45) is 2.08. The van der Waals surface area contributed by atoms with Crippen LogP contribution in [-0.2, 0) is 16.1 Å². The average molecular weight is 291 g/mol. The van der Waals surface area contributed by atoms with Gasteiger partial charge in [0, 0.05) is 25.3 Å². The summed E-state index contributed by atoms with van der Waals surface area (Å²) in [6, 6.07) is 8.69. The summed E-state index contributed by atoms with van der Waals surface area (Å²) in [5.41, 5.74) is 2.55. The Balaban J connectivity index is 1.91. The van der Waals surface area contributed by atoms with Crippen molar-refractivity contribution in [3.05, 3.63) is 29.8 Å². The van der Waals surface area contributed by atoms with Crippen LogP contribution in [0.5, 0.6) is 0 Å². The molecule has 0 amide bonds. The number of likely N-dealkylation sites (tertiary alicyclic amines) is 1. The standard InChI is InChI=1S/C17H26N2O2/c1-4-21-17(20)15-6-5-11-19(13-15)12-14-7-9-16(10-8-14)18(2)3/h7-10,15H,4-6,11-13H2,1-3H3/p+1/t15-/m1/s1. The zero-order chi connectivity index (χ0) is 15.2. The predicted octanol–water partition coefficient (Wildman–Crippen LogP) is 1.11. The molecule has 21 heavy (non-hydrogen) atoms. The Morgan fingerprint density at radius 2 is 2.05 bits per heavy atom. The molecule has 1 aromatic rings. The number of hydrogen-bond acceptors (Lipinski definition) is 3. The molecule has 4 nitrogen and oxygen atoms in total. The van der Waals surface area contributed by atoms with E-state index in [9.17, 15) is 4.79 Å². The van der Waals surface area contributed by atoms with E-state index < -0.39 is 0 Å². The molecule has 0 radical (unpaired) electrons. The molecule has 1 aliphatic heterocycles. The van der Waals surface area contributed by atoms with Crippen LogP contribution >= 0.6 is 0 Å². The average Bonchev–Trinajstić information content (AvgIpc) is 2.48. The number of carbonyl (C=O) groups is 1. The molecule has 2 atom stereocenters. The molecule has 1 N–H and O–H groups in total. The van der Waals surface area contributed by atoms with Gasteiger partial charge in [-0.15, -0.1) is 0 Å². The second kappa shape index (κ2) is 7.46.